The van der Waals surface area contributed by atoms with Crippen molar-refractivity contribution in [1.82, 2.24) is 0 Å². The highest BCUT2D eigenvalue weighted by Crippen LogP contribution is 2.28. The molecule has 4 nitrogen and oxygen atoms in total. The van der Waals surface area contributed by atoms with Crippen LogP contribution in [0.15, 0.2) is 36.4 Å². The minimum absolute atomic E-state index is 0.402. The molecule has 0 unspecified atom stereocenters. The molecule has 0 fully saturated rings. The van der Waals surface area contributed by atoms with E-state index >= 15 is 0 Å². The lowest BCUT2D eigenvalue weighted by Crippen LogP contribution is -2.20. The number of carbonyl (C=O) groups excluding carboxylic acids is 1. The zero-order chi connectivity index (χ0) is 15.4. The van der Waals surface area contributed by atoms with Gasteiger partial charge in [-0.2, -0.15) is 0 Å². The van der Waals surface area contributed by atoms with Crippen molar-refractivity contribution >= 4 is 40.6 Å². The largest absolute Gasteiger partial charge is 0.495 e. The lowest BCUT2D eigenvalue weighted by Gasteiger charge is -2.13. The Hall–Kier alpha value is -1.91. The lowest BCUT2D eigenvalue weighted by atomic mass is 10.2. The fourth-order valence-corrected chi connectivity index (χ4v) is 2.14. The number of hydrogen-bond donors (Lipinski definition) is 2. The van der Waals surface area contributed by atoms with E-state index in [2.05, 4.69) is 10.6 Å². The Kier molecular flexibility index (Phi) is 4.94. The van der Waals surface area contributed by atoms with Gasteiger partial charge in [0.05, 0.1) is 12.8 Å². The molecule has 0 aromatic heterocycles. The van der Waals surface area contributed by atoms with Crippen LogP contribution in [-0.2, 0) is 0 Å². The van der Waals surface area contributed by atoms with Gasteiger partial charge in [0.25, 0.3) is 0 Å². The Morgan fingerprint density at radius 1 is 1.10 bits per heavy atom. The number of anilines is 2. The van der Waals surface area contributed by atoms with Crippen LogP contribution in [0.4, 0.5) is 16.2 Å². The SMILES string of the molecule is COc1ccc(Cl)cc1NC(=O)Nc1cccc(Cl)c1C. The van der Waals surface area contributed by atoms with Crippen LogP contribution in [0, 0.1) is 6.92 Å². The van der Waals surface area contributed by atoms with Crippen molar-refractivity contribution in [2.75, 3.05) is 17.7 Å². The summed E-state index contributed by atoms with van der Waals surface area (Å²) in [5, 5.41) is 6.53. The number of benzene rings is 2. The van der Waals surface area contributed by atoms with Gasteiger partial charge in [-0.15, -0.1) is 0 Å². The maximum Gasteiger partial charge on any atom is 0.323 e. The lowest BCUT2D eigenvalue weighted by molar-refractivity contribution is 0.262. The minimum atomic E-state index is -0.402. The van der Waals surface area contributed by atoms with Gasteiger partial charge in [0.2, 0.25) is 0 Å². The quantitative estimate of drug-likeness (QED) is 0.838. The van der Waals surface area contributed by atoms with Gasteiger partial charge < -0.3 is 15.4 Å². The Balaban J connectivity index is 2.15. The molecule has 0 spiro atoms. The topological polar surface area (TPSA) is 50.4 Å². The Labute approximate surface area is 133 Å². The van der Waals surface area contributed by atoms with Crippen molar-refractivity contribution < 1.29 is 9.53 Å². The first kappa shape index (κ1) is 15.5. The summed E-state index contributed by atoms with van der Waals surface area (Å²) >= 11 is 11.9. The number of ether oxygens (including phenoxy) is 1. The van der Waals surface area contributed by atoms with Crippen molar-refractivity contribution in [3.8, 4) is 5.75 Å². The molecule has 2 N–H and O–H groups in total. The number of rotatable bonds is 3. The third-order valence-corrected chi connectivity index (χ3v) is 3.57. The Morgan fingerprint density at radius 2 is 1.81 bits per heavy atom. The van der Waals surface area contributed by atoms with E-state index in [1.54, 1.807) is 36.4 Å². The standard InChI is InChI=1S/C15H14Cl2N2O2/c1-9-11(17)4-3-5-12(9)18-15(20)19-13-8-10(16)6-7-14(13)21-2/h3-8H,1-2H3,(H2,18,19,20). The van der Waals surface area contributed by atoms with Gasteiger partial charge in [-0.3, -0.25) is 0 Å². The van der Waals surface area contributed by atoms with E-state index < -0.39 is 6.03 Å². The molecule has 2 aromatic rings. The molecule has 6 heteroatoms. The van der Waals surface area contributed by atoms with E-state index in [1.807, 2.05) is 6.92 Å². The molecular weight excluding hydrogens is 311 g/mol. The van der Waals surface area contributed by atoms with Crippen molar-refractivity contribution in [1.29, 1.82) is 0 Å². The predicted octanol–water partition coefficient (Wildman–Crippen LogP) is 4.95. The average Bonchev–Trinajstić information content (AvgIpc) is 2.44. The summed E-state index contributed by atoms with van der Waals surface area (Å²) in [6, 6.07) is 9.89. The molecule has 2 aromatic carbocycles. The van der Waals surface area contributed by atoms with Crippen molar-refractivity contribution in [2.24, 2.45) is 0 Å². The number of carbonyl (C=O) groups is 1. The molecule has 0 saturated carbocycles. The maximum atomic E-state index is 12.1. The van der Waals surface area contributed by atoms with Gasteiger partial charge in [-0.1, -0.05) is 29.3 Å². The summed E-state index contributed by atoms with van der Waals surface area (Å²) in [5.74, 6) is 0.525. The third-order valence-electron chi connectivity index (χ3n) is 2.93. The van der Waals surface area contributed by atoms with E-state index in [1.165, 1.54) is 7.11 Å². The molecule has 21 heavy (non-hydrogen) atoms. The van der Waals surface area contributed by atoms with Crippen LogP contribution >= 0.6 is 23.2 Å². The van der Waals surface area contributed by atoms with Crippen LogP contribution in [0.3, 0.4) is 0 Å². The summed E-state index contributed by atoms with van der Waals surface area (Å²) in [5.41, 5.74) is 1.93. The van der Waals surface area contributed by atoms with Gasteiger partial charge in [-0.05, 0) is 42.8 Å². The Morgan fingerprint density at radius 3 is 2.52 bits per heavy atom. The minimum Gasteiger partial charge on any atom is -0.495 e. The summed E-state index contributed by atoms with van der Waals surface area (Å²) in [6.45, 7) is 1.83. The van der Waals surface area contributed by atoms with E-state index in [4.69, 9.17) is 27.9 Å². The zero-order valence-corrected chi connectivity index (χ0v) is 13.0. The monoisotopic (exact) mass is 324 g/mol. The fourth-order valence-electron chi connectivity index (χ4n) is 1.80. The van der Waals surface area contributed by atoms with Crippen molar-refractivity contribution in [3.63, 3.8) is 0 Å². The zero-order valence-electron chi connectivity index (χ0n) is 11.5. The molecule has 0 aliphatic heterocycles. The van der Waals surface area contributed by atoms with Gasteiger partial charge in [0.15, 0.2) is 0 Å². The van der Waals surface area contributed by atoms with E-state index in [-0.39, 0.29) is 0 Å². The van der Waals surface area contributed by atoms with Gasteiger partial charge in [-0.25, -0.2) is 4.79 Å². The first-order chi connectivity index (χ1) is 10.0. The van der Waals surface area contributed by atoms with Crippen LogP contribution in [0.25, 0.3) is 0 Å². The molecule has 0 radical (unpaired) electrons. The van der Waals surface area contributed by atoms with Crippen LogP contribution in [-0.4, -0.2) is 13.1 Å². The van der Waals surface area contributed by atoms with Crippen LogP contribution < -0.4 is 15.4 Å². The molecule has 0 bridgehead atoms. The number of urea groups is 1. The highest BCUT2D eigenvalue weighted by atomic mass is 35.5. The smallest absolute Gasteiger partial charge is 0.323 e. The van der Waals surface area contributed by atoms with Crippen molar-refractivity contribution in [3.05, 3.63) is 52.0 Å². The van der Waals surface area contributed by atoms with Gasteiger partial charge >= 0.3 is 6.03 Å². The fraction of sp³-hybridized carbons (Fsp3) is 0.133. The summed E-state index contributed by atoms with van der Waals surface area (Å²) in [6.07, 6.45) is 0. The molecule has 110 valence electrons. The second-order valence-corrected chi connectivity index (χ2v) is 5.18. The Bertz CT molecular complexity index is 675. The molecule has 0 heterocycles. The first-order valence-electron chi connectivity index (χ1n) is 6.18. The van der Waals surface area contributed by atoms with Gasteiger partial charge in [0, 0.05) is 15.7 Å². The number of halogens is 2. The highest BCUT2D eigenvalue weighted by Gasteiger charge is 2.10. The second kappa shape index (κ2) is 6.70. The third kappa shape index (κ3) is 3.80. The highest BCUT2D eigenvalue weighted by molar-refractivity contribution is 6.32. The van der Waals surface area contributed by atoms with Crippen LogP contribution in [0.2, 0.25) is 10.0 Å². The molecule has 2 rings (SSSR count). The van der Waals surface area contributed by atoms with Gasteiger partial charge in [0.1, 0.15) is 5.75 Å². The van der Waals surface area contributed by atoms with Crippen LogP contribution in [0.1, 0.15) is 5.56 Å². The van der Waals surface area contributed by atoms with Crippen LogP contribution in [0.5, 0.6) is 5.75 Å². The number of hydrogen-bond acceptors (Lipinski definition) is 2. The molecule has 2 amide bonds. The average molecular weight is 325 g/mol. The molecule has 0 saturated heterocycles. The predicted molar refractivity (Wildman–Crippen MR) is 86.8 cm³/mol. The second-order valence-electron chi connectivity index (χ2n) is 4.34. The van der Waals surface area contributed by atoms with E-state index in [0.717, 1.165) is 5.56 Å². The molecule has 0 aliphatic carbocycles. The number of nitrogens with one attached hydrogen (secondary N) is 2. The number of amides is 2. The maximum absolute atomic E-state index is 12.1. The normalized spacial score (nSPS) is 10.1. The first-order valence-corrected chi connectivity index (χ1v) is 6.93. The number of methoxy groups -OCH3 is 1. The summed E-state index contributed by atoms with van der Waals surface area (Å²) in [7, 11) is 1.52. The molecular formula is C15H14Cl2N2O2. The summed E-state index contributed by atoms with van der Waals surface area (Å²) in [4.78, 5) is 12.1. The van der Waals surface area contributed by atoms with E-state index in [9.17, 15) is 4.79 Å². The van der Waals surface area contributed by atoms with E-state index in [0.29, 0.717) is 27.2 Å². The molecule has 0 aliphatic rings. The molecule has 0 atom stereocenters. The van der Waals surface area contributed by atoms with Crippen molar-refractivity contribution in [2.45, 2.75) is 6.92 Å². The summed E-state index contributed by atoms with van der Waals surface area (Å²) < 4.78 is 5.17.